The normalized spacial score (nSPS) is 10.6. The molecule has 1 aromatic carbocycles. The number of benzene rings is 1. The largest absolute Gasteiger partial charge is 0.324 e. The first kappa shape index (κ1) is 15.2. The number of carbonyl (C=O) groups excluding carboxylic acids is 1. The fourth-order valence-electron chi connectivity index (χ4n) is 1.97. The molecule has 1 amide bonds. The minimum Gasteiger partial charge on any atom is -0.324 e. The molecule has 112 valence electrons. The molecule has 2 N–H and O–H groups in total. The third kappa shape index (κ3) is 4.68. The van der Waals surface area contributed by atoms with Crippen LogP contribution in [-0.2, 0) is 24.3 Å². The molecule has 21 heavy (non-hydrogen) atoms. The number of carbonyl (C=O) groups is 1. The second kappa shape index (κ2) is 7.54. The van der Waals surface area contributed by atoms with Crippen LogP contribution in [0.1, 0.15) is 25.1 Å². The van der Waals surface area contributed by atoms with Crippen LogP contribution in [0.2, 0.25) is 0 Å². The molecule has 0 aliphatic rings. The molecule has 1 heterocycles. The van der Waals surface area contributed by atoms with Crippen LogP contribution in [0.25, 0.3) is 0 Å². The average Bonchev–Trinajstić information content (AvgIpc) is 2.92. The zero-order chi connectivity index (χ0) is 15.1. The molecule has 0 radical (unpaired) electrons. The van der Waals surface area contributed by atoms with Crippen molar-refractivity contribution < 1.29 is 4.79 Å². The smallest absolute Gasteiger partial charge is 0.246 e. The summed E-state index contributed by atoms with van der Waals surface area (Å²) in [6.07, 6.45) is 2.73. The maximum absolute atomic E-state index is 12.0. The minimum atomic E-state index is -0.108. The van der Waals surface area contributed by atoms with Crippen molar-refractivity contribution in [2.24, 2.45) is 0 Å². The molecule has 0 bridgehead atoms. The van der Waals surface area contributed by atoms with E-state index in [2.05, 4.69) is 27.9 Å². The summed E-state index contributed by atoms with van der Waals surface area (Å²) in [5, 5.41) is 14.0. The number of hydrogen-bond acceptors (Lipinski definition) is 4. The predicted octanol–water partition coefficient (Wildman–Crippen LogP) is 1.59. The van der Waals surface area contributed by atoms with E-state index in [1.54, 1.807) is 10.9 Å². The fourth-order valence-corrected chi connectivity index (χ4v) is 1.97. The van der Waals surface area contributed by atoms with Crippen LogP contribution in [0.3, 0.4) is 0 Å². The Morgan fingerprint density at radius 2 is 2.19 bits per heavy atom. The van der Waals surface area contributed by atoms with Crippen LogP contribution < -0.4 is 10.6 Å². The van der Waals surface area contributed by atoms with Crippen molar-refractivity contribution in [2.75, 3.05) is 11.9 Å². The molecular formula is C15H21N5O. The highest BCUT2D eigenvalue weighted by Crippen LogP contribution is 2.11. The summed E-state index contributed by atoms with van der Waals surface area (Å²) >= 11 is 0. The van der Waals surface area contributed by atoms with E-state index in [1.807, 2.05) is 31.2 Å². The summed E-state index contributed by atoms with van der Waals surface area (Å²) in [4.78, 5) is 12.0. The number of rotatable bonds is 7. The van der Waals surface area contributed by atoms with E-state index in [1.165, 1.54) is 5.56 Å². The molecule has 0 saturated heterocycles. The third-order valence-electron chi connectivity index (χ3n) is 3.07. The first-order valence-corrected chi connectivity index (χ1v) is 7.19. The molecule has 0 fully saturated rings. The lowest BCUT2D eigenvalue weighted by Gasteiger charge is -2.06. The topological polar surface area (TPSA) is 71.8 Å². The molecule has 0 spiro atoms. The molecule has 6 nitrogen and oxygen atoms in total. The first-order valence-electron chi connectivity index (χ1n) is 7.19. The molecule has 0 saturated carbocycles. The molecule has 1 aromatic heterocycles. The Morgan fingerprint density at radius 3 is 2.95 bits per heavy atom. The van der Waals surface area contributed by atoms with E-state index < -0.39 is 0 Å². The van der Waals surface area contributed by atoms with Crippen molar-refractivity contribution in [3.8, 4) is 0 Å². The summed E-state index contributed by atoms with van der Waals surface area (Å²) in [5.41, 5.74) is 2.84. The Balaban J connectivity index is 1.90. The number of aryl methyl sites for hydroxylation is 1. The Morgan fingerprint density at radius 1 is 1.33 bits per heavy atom. The lowest BCUT2D eigenvalue weighted by molar-refractivity contribution is -0.116. The first-order chi connectivity index (χ1) is 10.2. The molecule has 0 unspecified atom stereocenters. The van der Waals surface area contributed by atoms with E-state index in [0.29, 0.717) is 6.54 Å². The number of nitrogens with one attached hydrogen (secondary N) is 2. The average molecular weight is 287 g/mol. The predicted molar refractivity (Wildman–Crippen MR) is 81.9 cm³/mol. The lowest BCUT2D eigenvalue weighted by atomic mass is 10.1. The monoisotopic (exact) mass is 287 g/mol. The molecule has 2 rings (SSSR count). The van der Waals surface area contributed by atoms with Crippen LogP contribution in [0.15, 0.2) is 30.5 Å². The van der Waals surface area contributed by atoms with Gasteiger partial charge in [-0.25, -0.2) is 4.68 Å². The summed E-state index contributed by atoms with van der Waals surface area (Å²) in [6.45, 7) is 5.82. The van der Waals surface area contributed by atoms with E-state index in [4.69, 9.17) is 0 Å². The molecule has 6 heteroatoms. The minimum absolute atomic E-state index is 0.108. The molecule has 0 aliphatic heterocycles. The molecule has 0 aliphatic carbocycles. The van der Waals surface area contributed by atoms with Crippen molar-refractivity contribution in [1.82, 2.24) is 20.3 Å². The second-order valence-electron chi connectivity index (χ2n) is 4.79. The van der Waals surface area contributed by atoms with Gasteiger partial charge in [0.1, 0.15) is 6.54 Å². The van der Waals surface area contributed by atoms with E-state index >= 15 is 0 Å². The van der Waals surface area contributed by atoms with Crippen LogP contribution >= 0.6 is 0 Å². The summed E-state index contributed by atoms with van der Waals surface area (Å²) in [7, 11) is 0. The van der Waals surface area contributed by atoms with Gasteiger partial charge in [0.25, 0.3) is 0 Å². The highest BCUT2D eigenvalue weighted by Gasteiger charge is 2.06. The standard InChI is InChI=1S/C15H21N5O/c1-3-12-6-5-7-13(8-12)17-15(21)11-20-10-14(18-19-20)9-16-4-2/h5-8,10,16H,3-4,9,11H2,1-2H3,(H,17,21). The van der Waals surface area contributed by atoms with Gasteiger partial charge in [-0.1, -0.05) is 31.2 Å². The summed E-state index contributed by atoms with van der Waals surface area (Å²) in [5.74, 6) is -0.108. The van der Waals surface area contributed by atoms with Gasteiger partial charge in [-0.05, 0) is 30.7 Å². The second-order valence-corrected chi connectivity index (χ2v) is 4.79. The van der Waals surface area contributed by atoms with Crippen LogP contribution in [0.4, 0.5) is 5.69 Å². The third-order valence-corrected chi connectivity index (χ3v) is 3.07. The van der Waals surface area contributed by atoms with Gasteiger partial charge >= 0.3 is 0 Å². The molecule has 2 aromatic rings. The SMILES string of the molecule is CCNCc1cn(CC(=O)Nc2cccc(CC)c2)nn1. The van der Waals surface area contributed by atoms with Crippen molar-refractivity contribution in [3.63, 3.8) is 0 Å². The van der Waals surface area contributed by atoms with Crippen molar-refractivity contribution in [3.05, 3.63) is 41.7 Å². The van der Waals surface area contributed by atoms with Gasteiger partial charge in [-0.15, -0.1) is 5.10 Å². The number of aromatic nitrogens is 3. The van der Waals surface area contributed by atoms with Gasteiger partial charge in [0, 0.05) is 12.2 Å². The fraction of sp³-hybridized carbons (Fsp3) is 0.400. The van der Waals surface area contributed by atoms with E-state index in [-0.39, 0.29) is 12.5 Å². The lowest BCUT2D eigenvalue weighted by Crippen LogP contribution is -2.19. The highest BCUT2D eigenvalue weighted by molar-refractivity contribution is 5.90. The highest BCUT2D eigenvalue weighted by atomic mass is 16.2. The Bertz CT molecular complexity index is 593. The number of nitrogens with zero attached hydrogens (tertiary/aromatic N) is 3. The van der Waals surface area contributed by atoms with Gasteiger partial charge in [-0.3, -0.25) is 4.79 Å². The van der Waals surface area contributed by atoms with Crippen LogP contribution in [-0.4, -0.2) is 27.4 Å². The number of hydrogen-bond donors (Lipinski definition) is 2. The van der Waals surface area contributed by atoms with Gasteiger partial charge < -0.3 is 10.6 Å². The van der Waals surface area contributed by atoms with Gasteiger partial charge in [-0.2, -0.15) is 0 Å². The number of amides is 1. The Kier molecular flexibility index (Phi) is 5.45. The van der Waals surface area contributed by atoms with Crippen LogP contribution in [0.5, 0.6) is 0 Å². The molecule has 0 atom stereocenters. The van der Waals surface area contributed by atoms with E-state index in [0.717, 1.165) is 24.3 Å². The van der Waals surface area contributed by atoms with Crippen molar-refractivity contribution >= 4 is 11.6 Å². The Hall–Kier alpha value is -2.21. The van der Waals surface area contributed by atoms with Gasteiger partial charge in [0.05, 0.1) is 11.9 Å². The van der Waals surface area contributed by atoms with Gasteiger partial charge in [0.15, 0.2) is 0 Å². The van der Waals surface area contributed by atoms with Crippen molar-refractivity contribution in [1.29, 1.82) is 0 Å². The quantitative estimate of drug-likeness (QED) is 0.811. The van der Waals surface area contributed by atoms with Gasteiger partial charge in [0.2, 0.25) is 5.91 Å². The summed E-state index contributed by atoms with van der Waals surface area (Å²) < 4.78 is 1.55. The zero-order valence-corrected chi connectivity index (χ0v) is 12.5. The number of anilines is 1. The molecular weight excluding hydrogens is 266 g/mol. The zero-order valence-electron chi connectivity index (χ0n) is 12.5. The summed E-state index contributed by atoms with van der Waals surface area (Å²) in [6, 6.07) is 7.85. The maximum Gasteiger partial charge on any atom is 0.246 e. The van der Waals surface area contributed by atoms with Crippen molar-refractivity contribution in [2.45, 2.75) is 33.4 Å². The Labute approximate surface area is 124 Å². The van der Waals surface area contributed by atoms with Crippen LogP contribution in [0, 0.1) is 0 Å². The van der Waals surface area contributed by atoms with E-state index in [9.17, 15) is 4.79 Å². The maximum atomic E-state index is 12.0.